The van der Waals surface area contributed by atoms with E-state index in [4.69, 9.17) is 0 Å². The van der Waals surface area contributed by atoms with Gasteiger partial charge in [-0.2, -0.15) is 0 Å². The van der Waals surface area contributed by atoms with Crippen molar-refractivity contribution in [2.45, 2.75) is 26.8 Å². The van der Waals surface area contributed by atoms with E-state index in [1.54, 1.807) is 24.5 Å². The van der Waals surface area contributed by atoms with Crippen LogP contribution >= 0.6 is 0 Å². The van der Waals surface area contributed by atoms with E-state index in [9.17, 15) is 4.79 Å². The van der Waals surface area contributed by atoms with Crippen LogP contribution in [0.25, 0.3) is 0 Å². The lowest BCUT2D eigenvalue weighted by Gasteiger charge is -2.27. The number of nitrogens with one attached hydrogen (secondary N) is 2. The van der Waals surface area contributed by atoms with Crippen LogP contribution < -0.4 is 15.5 Å². The Morgan fingerprint density at radius 3 is 2.09 bits per heavy atom. The summed E-state index contributed by atoms with van der Waals surface area (Å²) in [6.45, 7) is 7.41. The van der Waals surface area contributed by atoms with Crippen molar-refractivity contribution in [2.75, 3.05) is 22.1 Å². The molecule has 0 aliphatic heterocycles. The third-order valence-electron chi connectivity index (χ3n) is 3.36. The first-order chi connectivity index (χ1) is 10.6. The van der Waals surface area contributed by atoms with Gasteiger partial charge in [-0.15, -0.1) is 0 Å². The number of benzene rings is 1. The van der Waals surface area contributed by atoms with Crippen LogP contribution in [0.3, 0.4) is 0 Å². The van der Waals surface area contributed by atoms with Crippen molar-refractivity contribution in [1.29, 1.82) is 0 Å². The molecule has 22 heavy (non-hydrogen) atoms. The predicted octanol–water partition coefficient (Wildman–Crippen LogP) is 3.96. The summed E-state index contributed by atoms with van der Waals surface area (Å²) in [6, 6.07) is 11.5. The average molecular weight is 298 g/mol. The molecule has 0 atom stereocenters. The van der Waals surface area contributed by atoms with Gasteiger partial charge in [0.15, 0.2) is 0 Å². The van der Waals surface area contributed by atoms with Crippen LogP contribution in [0.4, 0.5) is 21.9 Å². The van der Waals surface area contributed by atoms with Gasteiger partial charge in [0.2, 0.25) is 0 Å². The number of carbonyl (C=O) groups excluding carboxylic acids is 1. The second kappa shape index (κ2) is 7.45. The normalized spacial score (nSPS) is 10.4. The van der Waals surface area contributed by atoms with Crippen molar-refractivity contribution in [3.05, 3.63) is 48.8 Å². The third kappa shape index (κ3) is 4.22. The number of pyridine rings is 1. The number of amides is 2. The van der Waals surface area contributed by atoms with Crippen molar-refractivity contribution in [3.8, 4) is 0 Å². The van der Waals surface area contributed by atoms with Crippen molar-refractivity contribution >= 4 is 23.1 Å². The molecule has 0 saturated heterocycles. The highest BCUT2D eigenvalue weighted by Gasteiger charge is 2.08. The summed E-state index contributed by atoms with van der Waals surface area (Å²) in [7, 11) is 0. The van der Waals surface area contributed by atoms with Crippen LogP contribution in [0.2, 0.25) is 0 Å². The molecule has 5 heteroatoms. The predicted molar refractivity (Wildman–Crippen MR) is 91.5 cm³/mol. The van der Waals surface area contributed by atoms with E-state index >= 15 is 0 Å². The highest BCUT2D eigenvalue weighted by atomic mass is 16.2. The molecule has 5 nitrogen and oxygen atoms in total. The molecule has 116 valence electrons. The van der Waals surface area contributed by atoms with Gasteiger partial charge in [-0.25, -0.2) is 4.79 Å². The monoisotopic (exact) mass is 298 g/mol. The molecule has 0 bridgehead atoms. The maximum absolute atomic E-state index is 11.9. The molecule has 0 unspecified atom stereocenters. The number of aromatic nitrogens is 1. The average Bonchev–Trinajstić information content (AvgIpc) is 2.50. The summed E-state index contributed by atoms with van der Waals surface area (Å²) in [5.74, 6) is 0. The lowest BCUT2D eigenvalue weighted by atomic mass is 10.2. The zero-order chi connectivity index (χ0) is 15.9. The molecular weight excluding hydrogens is 276 g/mol. The van der Waals surface area contributed by atoms with E-state index in [1.165, 1.54) is 0 Å². The smallest absolute Gasteiger partial charge is 0.323 e. The Bertz CT molecular complexity index is 596. The molecule has 0 spiro atoms. The second-order valence-corrected chi connectivity index (χ2v) is 5.24. The minimum atomic E-state index is -0.268. The summed E-state index contributed by atoms with van der Waals surface area (Å²) < 4.78 is 0. The van der Waals surface area contributed by atoms with Crippen LogP contribution in [0.15, 0.2) is 48.8 Å². The summed E-state index contributed by atoms with van der Waals surface area (Å²) in [4.78, 5) is 18.1. The Balaban J connectivity index is 1.97. The van der Waals surface area contributed by atoms with Crippen molar-refractivity contribution in [1.82, 2.24) is 4.98 Å². The maximum atomic E-state index is 11.9. The molecule has 0 aliphatic rings. The molecule has 1 aromatic carbocycles. The third-order valence-corrected chi connectivity index (χ3v) is 3.36. The van der Waals surface area contributed by atoms with Crippen LogP contribution in [0.5, 0.6) is 0 Å². The Kier molecular flexibility index (Phi) is 5.36. The Morgan fingerprint density at radius 2 is 1.59 bits per heavy atom. The molecule has 0 aliphatic carbocycles. The molecule has 1 heterocycles. The van der Waals surface area contributed by atoms with E-state index in [0.717, 1.165) is 17.9 Å². The molecule has 2 amide bonds. The van der Waals surface area contributed by atoms with E-state index < -0.39 is 0 Å². The van der Waals surface area contributed by atoms with Gasteiger partial charge >= 0.3 is 6.03 Å². The number of nitrogens with zero attached hydrogens (tertiary/aromatic N) is 2. The molecule has 0 radical (unpaired) electrons. The second-order valence-electron chi connectivity index (χ2n) is 5.24. The minimum Gasteiger partial charge on any atom is -0.369 e. The fraction of sp³-hybridized carbons (Fsp3) is 0.294. The Labute approximate surface area is 131 Å². The van der Waals surface area contributed by atoms with Crippen LogP contribution in [0, 0.1) is 0 Å². The summed E-state index contributed by atoms with van der Waals surface area (Å²) >= 11 is 0. The highest BCUT2D eigenvalue weighted by Crippen LogP contribution is 2.20. The van der Waals surface area contributed by atoms with Gasteiger partial charge in [0.05, 0.1) is 0 Å². The number of rotatable bonds is 5. The number of anilines is 3. The Hall–Kier alpha value is -2.56. The van der Waals surface area contributed by atoms with Gasteiger partial charge in [-0.05, 0) is 57.2 Å². The zero-order valence-corrected chi connectivity index (χ0v) is 13.2. The summed E-state index contributed by atoms with van der Waals surface area (Å²) in [5, 5.41) is 5.57. The molecule has 2 rings (SSSR count). The zero-order valence-electron chi connectivity index (χ0n) is 13.2. The van der Waals surface area contributed by atoms with Crippen LogP contribution in [-0.2, 0) is 0 Å². The van der Waals surface area contributed by atoms with E-state index in [0.29, 0.717) is 11.7 Å². The van der Waals surface area contributed by atoms with Crippen molar-refractivity contribution in [3.63, 3.8) is 0 Å². The largest absolute Gasteiger partial charge is 0.369 e. The number of hydrogen-bond donors (Lipinski definition) is 2. The lowest BCUT2D eigenvalue weighted by molar-refractivity contribution is 0.262. The number of hydrogen-bond acceptors (Lipinski definition) is 3. The summed E-state index contributed by atoms with van der Waals surface area (Å²) in [5.41, 5.74) is 2.62. The summed E-state index contributed by atoms with van der Waals surface area (Å²) in [6.07, 6.45) is 3.27. The van der Waals surface area contributed by atoms with Gasteiger partial charge in [0, 0.05) is 42.0 Å². The van der Waals surface area contributed by atoms with Gasteiger partial charge in [-0.3, -0.25) is 4.98 Å². The van der Waals surface area contributed by atoms with Gasteiger partial charge in [0.25, 0.3) is 0 Å². The first-order valence-electron chi connectivity index (χ1n) is 7.45. The van der Waals surface area contributed by atoms with Crippen LogP contribution in [0.1, 0.15) is 20.8 Å². The van der Waals surface area contributed by atoms with Crippen LogP contribution in [-0.4, -0.2) is 23.6 Å². The van der Waals surface area contributed by atoms with Crippen molar-refractivity contribution < 1.29 is 4.79 Å². The maximum Gasteiger partial charge on any atom is 0.323 e. The van der Waals surface area contributed by atoms with Gasteiger partial charge in [-0.1, -0.05) is 0 Å². The van der Waals surface area contributed by atoms with E-state index in [2.05, 4.69) is 41.3 Å². The fourth-order valence-electron chi connectivity index (χ4n) is 2.31. The number of urea groups is 1. The molecular formula is C17H22N4O. The minimum absolute atomic E-state index is 0.268. The molecule has 0 saturated carbocycles. The fourth-order valence-corrected chi connectivity index (χ4v) is 2.31. The molecule has 2 aromatic rings. The van der Waals surface area contributed by atoms with E-state index in [-0.39, 0.29) is 6.03 Å². The highest BCUT2D eigenvalue weighted by molar-refractivity contribution is 5.99. The standard InChI is InChI=1S/C17H22N4O/c1-4-21(13(2)3)16-7-5-14(6-8-16)19-17(22)20-15-9-11-18-12-10-15/h5-13H,4H2,1-3H3,(H2,18,19,20,22). The quantitative estimate of drug-likeness (QED) is 0.878. The molecule has 1 aromatic heterocycles. The molecule has 0 fully saturated rings. The van der Waals surface area contributed by atoms with E-state index in [1.807, 2.05) is 24.3 Å². The lowest BCUT2D eigenvalue weighted by Crippen LogP contribution is -2.30. The van der Waals surface area contributed by atoms with Gasteiger partial charge in [0.1, 0.15) is 0 Å². The number of carbonyl (C=O) groups is 1. The topological polar surface area (TPSA) is 57.3 Å². The SMILES string of the molecule is CCN(c1ccc(NC(=O)Nc2ccncc2)cc1)C(C)C. The Morgan fingerprint density at radius 1 is 1.05 bits per heavy atom. The first kappa shape index (κ1) is 15.8. The van der Waals surface area contributed by atoms with Gasteiger partial charge < -0.3 is 15.5 Å². The van der Waals surface area contributed by atoms with Crippen molar-refractivity contribution in [2.24, 2.45) is 0 Å². The molecule has 2 N–H and O–H groups in total. The first-order valence-corrected chi connectivity index (χ1v) is 7.45.